The zero-order valence-corrected chi connectivity index (χ0v) is 14.2. The van der Waals surface area contributed by atoms with Crippen LogP contribution in [0, 0.1) is 24.2 Å². The zero-order valence-electron chi connectivity index (χ0n) is 14.2. The molecule has 0 heterocycles. The van der Waals surface area contributed by atoms with Crippen molar-refractivity contribution in [2.75, 3.05) is 11.9 Å². The number of ether oxygens (including phenoxy) is 1. The summed E-state index contributed by atoms with van der Waals surface area (Å²) in [7, 11) is 0. The minimum atomic E-state index is -4.67. The summed E-state index contributed by atoms with van der Waals surface area (Å²) in [5, 5.41) is 11.2. The van der Waals surface area contributed by atoms with Gasteiger partial charge < -0.3 is 10.1 Å². The van der Waals surface area contributed by atoms with E-state index in [-0.39, 0.29) is 12.3 Å². The van der Waals surface area contributed by atoms with Gasteiger partial charge in [-0.2, -0.15) is 18.4 Å². The van der Waals surface area contributed by atoms with Crippen LogP contribution in [-0.4, -0.2) is 12.5 Å². The van der Waals surface area contributed by atoms with Crippen molar-refractivity contribution in [3.8, 4) is 11.8 Å². The fourth-order valence-corrected chi connectivity index (χ4v) is 2.15. The van der Waals surface area contributed by atoms with Crippen molar-refractivity contribution >= 4 is 11.6 Å². The van der Waals surface area contributed by atoms with E-state index < -0.39 is 29.1 Å². The van der Waals surface area contributed by atoms with E-state index in [9.17, 15) is 18.0 Å². The molecule has 2 aromatic rings. The Morgan fingerprint density at radius 3 is 2.46 bits per heavy atom. The highest BCUT2D eigenvalue weighted by Crippen LogP contribution is 2.33. The van der Waals surface area contributed by atoms with Gasteiger partial charge in [0.1, 0.15) is 5.75 Å². The number of nitriles is 1. The number of hydrogen-bond acceptors (Lipinski definition) is 3. The van der Waals surface area contributed by atoms with Gasteiger partial charge in [0, 0.05) is 5.69 Å². The van der Waals surface area contributed by atoms with Crippen LogP contribution < -0.4 is 10.1 Å². The van der Waals surface area contributed by atoms with Crippen molar-refractivity contribution in [1.82, 2.24) is 0 Å². The highest BCUT2D eigenvalue weighted by molar-refractivity contribution is 5.92. The number of anilines is 1. The van der Waals surface area contributed by atoms with Crippen molar-refractivity contribution in [1.29, 1.82) is 5.26 Å². The molecule has 0 aliphatic heterocycles. The van der Waals surface area contributed by atoms with Crippen LogP contribution >= 0.6 is 0 Å². The third-order valence-electron chi connectivity index (χ3n) is 3.68. The Balaban J connectivity index is 2.02. The van der Waals surface area contributed by atoms with Gasteiger partial charge >= 0.3 is 6.18 Å². The molecule has 0 aromatic heterocycles. The SMILES string of the molecule is Cc1ccc(OCC(C)C(=O)Nc2ccc(C#N)c(C(F)(F)F)c2)cc1. The number of nitrogens with one attached hydrogen (secondary N) is 1. The van der Waals surface area contributed by atoms with Gasteiger partial charge in [-0.15, -0.1) is 0 Å². The van der Waals surface area contributed by atoms with Gasteiger partial charge in [0.05, 0.1) is 29.7 Å². The van der Waals surface area contributed by atoms with Crippen molar-refractivity contribution in [3.63, 3.8) is 0 Å². The van der Waals surface area contributed by atoms with Crippen LogP contribution in [-0.2, 0) is 11.0 Å². The van der Waals surface area contributed by atoms with Crippen LogP contribution in [0.3, 0.4) is 0 Å². The van der Waals surface area contributed by atoms with Crippen LogP contribution in [0.2, 0.25) is 0 Å². The molecule has 2 rings (SSSR count). The Labute approximate surface area is 149 Å². The van der Waals surface area contributed by atoms with Gasteiger partial charge in [0.25, 0.3) is 0 Å². The Morgan fingerprint density at radius 1 is 1.23 bits per heavy atom. The standard InChI is InChI=1S/C19H17F3N2O2/c1-12-3-7-16(8-4-12)26-11-13(2)18(25)24-15-6-5-14(10-23)17(9-15)19(20,21)22/h3-9,13H,11H2,1-2H3,(H,24,25). The van der Waals surface area contributed by atoms with Gasteiger partial charge in [0.2, 0.25) is 5.91 Å². The number of alkyl halides is 3. The molecule has 0 bridgehead atoms. The van der Waals surface area contributed by atoms with E-state index in [4.69, 9.17) is 10.00 Å². The molecule has 1 unspecified atom stereocenters. The van der Waals surface area contributed by atoms with Gasteiger partial charge in [-0.05, 0) is 37.3 Å². The number of aryl methyl sites for hydroxylation is 1. The first-order valence-electron chi connectivity index (χ1n) is 7.82. The van der Waals surface area contributed by atoms with Crippen LogP contribution in [0.25, 0.3) is 0 Å². The average Bonchev–Trinajstić information content (AvgIpc) is 2.60. The van der Waals surface area contributed by atoms with Gasteiger partial charge in [-0.1, -0.05) is 24.6 Å². The molecule has 0 saturated heterocycles. The van der Waals surface area contributed by atoms with Crippen molar-refractivity contribution in [2.45, 2.75) is 20.0 Å². The molecule has 2 aromatic carbocycles. The van der Waals surface area contributed by atoms with Crippen molar-refractivity contribution in [2.24, 2.45) is 5.92 Å². The molecule has 26 heavy (non-hydrogen) atoms. The average molecular weight is 362 g/mol. The number of carbonyl (C=O) groups is 1. The third kappa shape index (κ3) is 4.99. The van der Waals surface area contributed by atoms with E-state index in [0.29, 0.717) is 5.75 Å². The number of carbonyl (C=O) groups excluding carboxylic acids is 1. The number of halogens is 3. The molecule has 0 radical (unpaired) electrons. The third-order valence-corrected chi connectivity index (χ3v) is 3.68. The molecule has 1 N–H and O–H groups in total. The molecule has 136 valence electrons. The Kier molecular flexibility index (Phi) is 5.88. The minimum absolute atomic E-state index is 0.0245. The first-order valence-corrected chi connectivity index (χ1v) is 7.82. The Bertz CT molecular complexity index is 824. The van der Waals surface area contributed by atoms with Gasteiger partial charge in [-0.3, -0.25) is 4.79 Å². The molecule has 7 heteroatoms. The molecule has 0 spiro atoms. The summed E-state index contributed by atoms with van der Waals surface area (Å²) >= 11 is 0. The van der Waals surface area contributed by atoms with Gasteiger partial charge in [-0.25, -0.2) is 0 Å². The maximum atomic E-state index is 13.0. The maximum absolute atomic E-state index is 13.0. The van der Waals surface area contributed by atoms with Crippen LogP contribution in [0.15, 0.2) is 42.5 Å². The molecule has 0 saturated carbocycles. The number of amides is 1. The summed E-state index contributed by atoms with van der Waals surface area (Å²) in [4.78, 5) is 12.2. The summed E-state index contributed by atoms with van der Waals surface area (Å²) < 4.78 is 44.4. The lowest BCUT2D eigenvalue weighted by Gasteiger charge is -2.15. The predicted octanol–water partition coefficient (Wildman–Crippen LogP) is 4.54. The first kappa shape index (κ1) is 19.3. The summed E-state index contributed by atoms with van der Waals surface area (Å²) in [6, 6.07) is 11.8. The summed E-state index contributed by atoms with van der Waals surface area (Å²) in [5.74, 6) is -0.454. The highest BCUT2D eigenvalue weighted by Gasteiger charge is 2.34. The second-order valence-corrected chi connectivity index (χ2v) is 5.88. The quantitative estimate of drug-likeness (QED) is 0.849. The van der Waals surface area contributed by atoms with Crippen LogP contribution in [0.1, 0.15) is 23.6 Å². The van der Waals surface area contributed by atoms with E-state index in [1.807, 2.05) is 19.1 Å². The van der Waals surface area contributed by atoms with E-state index in [2.05, 4.69) is 5.32 Å². The fourth-order valence-electron chi connectivity index (χ4n) is 2.15. The monoisotopic (exact) mass is 362 g/mol. The zero-order chi connectivity index (χ0) is 19.3. The minimum Gasteiger partial charge on any atom is -0.493 e. The van der Waals surface area contributed by atoms with Gasteiger partial charge in [0.15, 0.2) is 0 Å². The highest BCUT2D eigenvalue weighted by atomic mass is 19.4. The van der Waals surface area contributed by atoms with Crippen molar-refractivity contribution < 1.29 is 22.7 Å². The summed E-state index contributed by atoms with van der Waals surface area (Å²) in [5.41, 5.74) is -0.527. The molecular weight excluding hydrogens is 345 g/mol. The largest absolute Gasteiger partial charge is 0.493 e. The topological polar surface area (TPSA) is 62.1 Å². The molecule has 0 aliphatic rings. The molecular formula is C19H17F3N2O2. The maximum Gasteiger partial charge on any atom is 0.417 e. The number of hydrogen-bond donors (Lipinski definition) is 1. The van der Waals surface area contributed by atoms with E-state index in [0.717, 1.165) is 17.7 Å². The number of benzene rings is 2. The predicted molar refractivity (Wildman–Crippen MR) is 90.6 cm³/mol. The number of nitrogens with zero attached hydrogens (tertiary/aromatic N) is 1. The second-order valence-electron chi connectivity index (χ2n) is 5.88. The molecule has 4 nitrogen and oxygen atoms in total. The molecule has 0 fully saturated rings. The van der Waals surface area contributed by atoms with E-state index in [1.54, 1.807) is 19.1 Å². The molecule has 0 aliphatic carbocycles. The Morgan fingerprint density at radius 2 is 1.88 bits per heavy atom. The first-order chi connectivity index (χ1) is 12.2. The summed E-state index contributed by atoms with van der Waals surface area (Å²) in [6.45, 7) is 3.63. The molecule has 1 amide bonds. The number of rotatable bonds is 5. The second kappa shape index (κ2) is 7.91. The lowest BCUT2D eigenvalue weighted by atomic mass is 10.1. The Hall–Kier alpha value is -3.01. The lowest BCUT2D eigenvalue weighted by Crippen LogP contribution is -2.25. The van der Waals surface area contributed by atoms with Crippen LogP contribution in [0.4, 0.5) is 18.9 Å². The summed E-state index contributed by atoms with van der Waals surface area (Å²) in [6.07, 6.45) is -4.67. The van der Waals surface area contributed by atoms with Crippen LogP contribution in [0.5, 0.6) is 5.75 Å². The smallest absolute Gasteiger partial charge is 0.417 e. The van der Waals surface area contributed by atoms with E-state index in [1.165, 1.54) is 12.1 Å². The molecule has 1 atom stereocenters. The normalized spacial score (nSPS) is 12.2. The fraction of sp³-hybridized carbons (Fsp3) is 0.263. The van der Waals surface area contributed by atoms with E-state index >= 15 is 0 Å². The lowest BCUT2D eigenvalue weighted by molar-refractivity contribution is -0.137. The van der Waals surface area contributed by atoms with Crippen molar-refractivity contribution in [3.05, 3.63) is 59.2 Å².